The Morgan fingerprint density at radius 1 is 0.894 bits per heavy atom. The summed E-state index contributed by atoms with van der Waals surface area (Å²) in [5.41, 5.74) is 7.31. The maximum Gasteiger partial charge on any atom is 0.439 e. The van der Waals surface area contributed by atoms with Crippen LogP contribution in [0, 0.1) is 17.5 Å². The predicted molar refractivity (Wildman–Crippen MR) is 165 cm³/mol. The second-order valence-electron chi connectivity index (χ2n) is 12.3. The average Bonchev–Trinajstić information content (AvgIpc) is 3.87. The summed E-state index contributed by atoms with van der Waals surface area (Å²) >= 11 is 0. The molecule has 2 aliphatic heterocycles. The van der Waals surface area contributed by atoms with Crippen molar-refractivity contribution in [2.24, 2.45) is 0 Å². The van der Waals surface area contributed by atoms with Crippen LogP contribution in [-0.2, 0) is 30.6 Å². The fraction of sp³-hybridized carbons (Fsp3) is 0.278. The van der Waals surface area contributed by atoms with Gasteiger partial charge in [-0.25, -0.2) is 18.0 Å². The number of rotatable bonds is 8. The van der Waals surface area contributed by atoms with Gasteiger partial charge >= 0.3 is 5.76 Å². The van der Waals surface area contributed by atoms with Crippen LogP contribution in [0.3, 0.4) is 0 Å². The van der Waals surface area contributed by atoms with Crippen molar-refractivity contribution in [3.05, 3.63) is 128 Å². The number of carbonyl (C=O) groups excluding carboxylic acids is 1. The third-order valence-corrected chi connectivity index (χ3v) is 9.47. The van der Waals surface area contributed by atoms with Crippen molar-refractivity contribution in [3.8, 4) is 22.5 Å². The van der Waals surface area contributed by atoms with Crippen LogP contribution in [-0.4, -0.2) is 32.5 Å². The Labute approximate surface area is 267 Å². The normalized spacial score (nSPS) is 18.1. The Balaban J connectivity index is 1.22. The van der Waals surface area contributed by atoms with Gasteiger partial charge in [-0.3, -0.25) is 19.3 Å². The fourth-order valence-corrected chi connectivity index (χ4v) is 7.26. The number of benzene rings is 3. The van der Waals surface area contributed by atoms with Crippen LogP contribution in [0.1, 0.15) is 75.4 Å². The highest BCUT2D eigenvalue weighted by atomic mass is 19.2. The summed E-state index contributed by atoms with van der Waals surface area (Å²) in [6.07, 6.45) is 3.88. The number of hydrogen-bond acceptors (Lipinski definition) is 6. The molecule has 4 heterocycles. The topological polar surface area (TPSA) is 101 Å². The van der Waals surface area contributed by atoms with E-state index >= 15 is 0 Å². The molecule has 2 atom stereocenters. The number of aryl methyl sites for hydroxylation is 3. The number of H-pyrrole nitrogens is 1. The lowest BCUT2D eigenvalue weighted by molar-refractivity contribution is 0.0409. The number of halogens is 3. The lowest BCUT2D eigenvalue weighted by Crippen LogP contribution is -2.23. The van der Waals surface area contributed by atoms with Crippen molar-refractivity contribution in [2.75, 3.05) is 6.54 Å². The molecule has 1 fully saturated rings. The maximum absolute atomic E-state index is 14.0. The molecule has 0 radical (unpaired) electrons. The first-order chi connectivity index (χ1) is 22.8. The number of carbonyl (C=O) groups is 1. The van der Waals surface area contributed by atoms with Gasteiger partial charge in [-0.2, -0.15) is 0 Å². The van der Waals surface area contributed by atoms with Crippen LogP contribution in [0.4, 0.5) is 13.2 Å². The highest BCUT2D eigenvalue weighted by molar-refractivity contribution is 6.08. The molecule has 8 rings (SSSR count). The van der Waals surface area contributed by atoms with Gasteiger partial charge in [0.25, 0.3) is 5.91 Å². The van der Waals surface area contributed by atoms with E-state index in [0.717, 1.165) is 59.3 Å². The molecule has 0 unspecified atom stereocenters. The zero-order valence-electron chi connectivity index (χ0n) is 25.2. The highest BCUT2D eigenvalue weighted by Crippen LogP contribution is 2.48. The van der Waals surface area contributed by atoms with E-state index < -0.39 is 17.4 Å². The number of aromatic nitrogens is 3. The minimum Gasteiger partial charge on any atom is -0.369 e. The number of pyridine rings is 1. The molecule has 1 amide bonds. The Bertz CT molecular complexity index is 2090. The third kappa shape index (κ3) is 5.24. The Kier molecular flexibility index (Phi) is 7.28. The summed E-state index contributed by atoms with van der Waals surface area (Å²) in [7, 11) is 0. The molecule has 1 saturated heterocycles. The maximum atomic E-state index is 14.0. The molecule has 3 aliphatic rings. The SMILES string of the molecule is O=C1c2c(nc(CCc3ccc(F)cc3)c(-c3noc(=O)[nH]3)c2-c2ccc3c(c2)CC[C@H]3OCc2ccc(F)c(F)c2)[C@H]2CCCN12. The van der Waals surface area contributed by atoms with E-state index in [1.165, 1.54) is 18.2 Å². The first-order valence-electron chi connectivity index (χ1n) is 15.7. The number of nitrogens with zero attached hydrogens (tertiary/aromatic N) is 3. The minimum atomic E-state index is -0.913. The van der Waals surface area contributed by atoms with Gasteiger partial charge in [0.15, 0.2) is 17.5 Å². The summed E-state index contributed by atoms with van der Waals surface area (Å²) in [6, 6.07) is 15.9. The van der Waals surface area contributed by atoms with E-state index in [1.54, 1.807) is 12.1 Å². The van der Waals surface area contributed by atoms with E-state index in [9.17, 15) is 22.8 Å². The zero-order valence-corrected chi connectivity index (χ0v) is 25.2. The van der Waals surface area contributed by atoms with E-state index in [1.807, 2.05) is 23.1 Å². The van der Waals surface area contributed by atoms with Gasteiger partial charge < -0.3 is 9.64 Å². The van der Waals surface area contributed by atoms with Gasteiger partial charge in [0, 0.05) is 12.1 Å². The number of ether oxygens (including phenoxy) is 1. The lowest BCUT2D eigenvalue weighted by atomic mass is 9.88. The molecular weight excluding hydrogens is 609 g/mol. The molecule has 47 heavy (non-hydrogen) atoms. The number of aromatic amines is 1. The van der Waals surface area contributed by atoms with Crippen LogP contribution in [0.15, 0.2) is 70.0 Å². The van der Waals surface area contributed by atoms with E-state index in [2.05, 4.69) is 10.1 Å². The van der Waals surface area contributed by atoms with Crippen LogP contribution in [0.5, 0.6) is 0 Å². The number of hydrogen-bond donors (Lipinski definition) is 1. The average molecular weight is 639 g/mol. The molecule has 11 heteroatoms. The molecule has 5 aromatic rings. The second-order valence-corrected chi connectivity index (χ2v) is 12.3. The molecule has 2 aromatic heterocycles. The molecule has 0 saturated carbocycles. The predicted octanol–water partition coefficient (Wildman–Crippen LogP) is 6.79. The molecule has 3 aromatic carbocycles. The molecule has 0 bridgehead atoms. The monoisotopic (exact) mass is 638 g/mol. The van der Waals surface area contributed by atoms with Crippen LogP contribution in [0.25, 0.3) is 22.5 Å². The van der Waals surface area contributed by atoms with Gasteiger partial charge in [-0.15, -0.1) is 0 Å². The Morgan fingerprint density at radius 3 is 2.51 bits per heavy atom. The van der Waals surface area contributed by atoms with Crippen LogP contribution < -0.4 is 5.76 Å². The molecule has 0 spiro atoms. The van der Waals surface area contributed by atoms with Crippen LogP contribution >= 0.6 is 0 Å². The molecular formula is C36H29F3N4O4. The van der Waals surface area contributed by atoms with Gasteiger partial charge in [-0.1, -0.05) is 41.6 Å². The molecule has 1 aliphatic carbocycles. The molecule has 8 nitrogen and oxygen atoms in total. The summed E-state index contributed by atoms with van der Waals surface area (Å²) in [5, 5.41) is 4.04. The highest BCUT2D eigenvalue weighted by Gasteiger charge is 2.44. The second kappa shape index (κ2) is 11.6. The quantitative estimate of drug-likeness (QED) is 0.201. The van der Waals surface area contributed by atoms with Gasteiger partial charge in [-0.05, 0) is 90.6 Å². The molecule has 1 N–H and O–H groups in total. The van der Waals surface area contributed by atoms with E-state index in [-0.39, 0.29) is 36.3 Å². The Hall–Kier alpha value is -5.03. The van der Waals surface area contributed by atoms with Crippen molar-refractivity contribution in [1.29, 1.82) is 0 Å². The summed E-state index contributed by atoms with van der Waals surface area (Å²) in [5.74, 6) is -2.78. The standard InChI is InChI=1S/C36H29F3N4O4/c37-23-9-3-19(4-10-23)6-13-27-31(34-41-36(45)47-42-34)30(32-33(40-27)28-2-1-15-43(28)35(32)44)22-7-11-24-21(17-22)8-14-29(24)46-18-20-5-12-25(38)26(39)16-20/h3-5,7,9-12,16-17,28-29H,1-2,6,8,13-15,18H2,(H,41,42,45)/t28-,29-/m1/s1. The molecule has 238 valence electrons. The van der Waals surface area contributed by atoms with Crippen molar-refractivity contribution in [1.82, 2.24) is 20.0 Å². The number of fused-ring (bicyclic) bond motifs is 4. The fourth-order valence-electron chi connectivity index (χ4n) is 7.26. The van der Waals surface area contributed by atoms with Crippen molar-refractivity contribution < 1.29 is 27.2 Å². The minimum absolute atomic E-state index is 0.101. The van der Waals surface area contributed by atoms with Gasteiger partial charge in [0.2, 0.25) is 0 Å². The first-order valence-corrected chi connectivity index (χ1v) is 15.7. The first kappa shape index (κ1) is 29.4. The van der Waals surface area contributed by atoms with Crippen LogP contribution in [0.2, 0.25) is 0 Å². The third-order valence-electron chi connectivity index (χ3n) is 9.47. The van der Waals surface area contributed by atoms with Gasteiger partial charge in [0.05, 0.1) is 41.3 Å². The van der Waals surface area contributed by atoms with Crippen molar-refractivity contribution in [3.63, 3.8) is 0 Å². The zero-order chi connectivity index (χ0) is 32.2. The van der Waals surface area contributed by atoms with Gasteiger partial charge in [0.1, 0.15) is 5.82 Å². The summed E-state index contributed by atoms with van der Waals surface area (Å²) < 4.78 is 51.9. The number of amides is 1. The van der Waals surface area contributed by atoms with E-state index in [4.69, 9.17) is 14.2 Å². The van der Waals surface area contributed by atoms with Crippen molar-refractivity contribution in [2.45, 2.75) is 57.3 Å². The smallest absolute Gasteiger partial charge is 0.369 e. The largest absolute Gasteiger partial charge is 0.439 e. The Morgan fingerprint density at radius 2 is 1.72 bits per heavy atom. The summed E-state index contributed by atoms with van der Waals surface area (Å²) in [4.78, 5) is 35.9. The summed E-state index contributed by atoms with van der Waals surface area (Å²) in [6.45, 7) is 0.773. The van der Waals surface area contributed by atoms with E-state index in [0.29, 0.717) is 53.8 Å². The lowest BCUT2D eigenvalue weighted by Gasteiger charge is -2.18. The van der Waals surface area contributed by atoms with Crippen molar-refractivity contribution >= 4 is 5.91 Å². The number of nitrogens with one attached hydrogen (secondary N) is 1.